The molecule has 1 aliphatic rings. The largest absolute Gasteiger partial charge is 0.327 e. The standard InChI is InChI=1S/C14H18N4O/c15-8-11-4-1-2-6-13(11)17-14(19)10-18-7-3-5-12(16)9-18/h1-2,4,6,12H,3,5,7,9-10,16H2,(H,17,19). The molecule has 1 amide bonds. The summed E-state index contributed by atoms with van der Waals surface area (Å²) in [5.74, 6) is -0.100. The average Bonchev–Trinajstić information content (AvgIpc) is 2.39. The average molecular weight is 258 g/mol. The maximum Gasteiger partial charge on any atom is 0.238 e. The van der Waals surface area contributed by atoms with E-state index in [-0.39, 0.29) is 11.9 Å². The van der Waals surface area contributed by atoms with E-state index >= 15 is 0 Å². The fourth-order valence-electron chi connectivity index (χ4n) is 2.32. The molecule has 1 atom stereocenters. The van der Waals surface area contributed by atoms with Crippen LogP contribution in [0.1, 0.15) is 18.4 Å². The summed E-state index contributed by atoms with van der Waals surface area (Å²) < 4.78 is 0. The van der Waals surface area contributed by atoms with Gasteiger partial charge in [-0.1, -0.05) is 12.1 Å². The van der Waals surface area contributed by atoms with Gasteiger partial charge in [0.15, 0.2) is 0 Å². The molecule has 1 aromatic carbocycles. The van der Waals surface area contributed by atoms with Crippen LogP contribution in [0.3, 0.4) is 0 Å². The van der Waals surface area contributed by atoms with Crippen molar-refractivity contribution in [3.8, 4) is 6.07 Å². The molecule has 0 radical (unpaired) electrons. The van der Waals surface area contributed by atoms with Gasteiger partial charge in [0.2, 0.25) is 5.91 Å². The lowest BCUT2D eigenvalue weighted by Gasteiger charge is -2.29. The zero-order valence-corrected chi connectivity index (χ0v) is 10.8. The molecule has 1 aromatic rings. The van der Waals surface area contributed by atoms with Crippen molar-refractivity contribution in [2.24, 2.45) is 5.73 Å². The fraction of sp³-hybridized carbons (Fsp3) is 0.429. The second-order valence-corrected chi connectivity index (χ2v) is 4.84. The number of piperidine rings is 1. The molecule has 1 saturated heterocycles. The first kappa shape index (κ1) is 13.5. The first-order valence-corrected chi connectivity index (χ1v) is 6.46. The summed E-state index contributed by atoms with van der Waals surface area (Å²) in [6.07, 6.45) is 2.05. The van der Waals surface area contributed by atoms with Crippen LogP contribution in [0, 0.1) is 11.3 Å². The molecule has 0 aliphatic carbocycles. The van der Waals surface area contributed by atoms with Gasteiger partial charge >= 0.3 is 0 Å². The van der Waals surface area contributed by atoms with E-state index in [0.717, 1.165) is 25.9 Å². The number of anilines is 1. The van der Waals surface area contributed by atoms with Gasteiger partial charge in [-0.3, -0.25) is 9.69 Å². The van der Waals surface area contributed by atoms with Crippen molar-refractivity contribution in [2.45, 2.75) is 18.9 Å². The first-order chi connectivity index (χ1) is 9.19. The minimum Gasteiger partial charge on any atom is -0.327 e. The Balaban J connectivity index is 1.92. The molecule has 5 nitrogen and oxygen atoms in total. The molecule has 19 heavy (non-hydrogen) atoms. The van der Waals surface area contributed by atoms with Crippen LogP contribution < -0.4 is 11.1 Å². The number of likely N-dealkylation sites (tertiary alicyclic amines) is 1. The zero-order chi connectivity index (χ0) is 13.7. The van der Waals surface area contributed by atoms with Gasteiger partial charge in [-0.25, -0.2) is 0 Å². The van der Waals surface area contributed by atoms with Crippen molar-refractivity contribution in [1.29, 1.82) is 5.26 Å². The molecule has 1 fully saturated rings. The molecule has 1 aliphatic heterocycles. The summed E-state index contributed by atoms with van der Waals surface area (Å²) in [5, 5.41) is 11.7. The number of para-hydroxylation sites is 1. The molecule has 1 unspecified atom stereocenters. The second-order valence-electron chi connectivity index (χ2n) is 4.84. The Hall–Kier alpha value is -1.90. The van der Waals surface area contributed by atoms with E-state index in [1.165, 1.54) is 0 Å². The molecule has 2 rings (SSSR count). The number of hydrogen-bond donors (Lipinski definition) is 2. The molecule has 0 bridgehead atoms. The zero-order valence-electron chi connectivity index (χ0n) is 10.8. The number of hydrogen-bond acceptors (Lipinski definition) is 4. The van der Waals surface area contributed by atoms with Gasteiger partial charge in [0.1, 0.15) is 6.07 Å². The van der Waals surface area contributed by atoms with E-state index in [2.05, 4.69) is 16.3 Å². The Kier molecular flexibility index (Phi) is 4.50. The van der Waals surface area contributed by atoms with Crippen molar-refractivity contribution >= 4 is 11.6 Å². The van der Waals surface area contributed by atoms with E-state index in [1.807, 2.05) is 0 Å². The Labute approximate surface area is 113 Å². The third kappa shape index (κ3) is 3.78. The summed E-state index contributed by atoms with van der Waals surface area (Å²) in [6, 6.07) is 9.22. The van der Waals surface area contributed by atoms with Gasteiger partial charge in [0.25, 0.3) is 0 Å². The second kappa shape index (κ2) is 6.32. The third-order valence-corrected chi connectivity index (χ3v) is 3.23. The molecule has 0 aromatic heterocycles. The normalized spacial score (nSPS) is 19.7. The number of nitriles is 1. The number of rotatable bonds is 3. The smallest absolute Gasteiger partial charge is 0.238 e. The van der Waals surface area contributed by atoms with Crippen LogP contribution in [0.5, 0.6) is 0 Å². The van der Waals surface area contributed by atoms with Crippen molar-refractivity contribution in [1.82, 2.24) is 4.90 Å². The van der Waals surface area contributed by atoms with E-state index < -0.39 is 0 Å². The van der Waals surface area contributed by atoms with Crippen molar-refractivity contribution in [3.05, 3.63) is 29.8 Å². The molecule has 100 valence electrons. The van der Waals surface area contributed by atoms with Crippen molar-refractivity contribution < 1.29 is 4.79 Å². The van der Waals surface area contributed by atoms with Crippen LogP contribution in [0.4, 0.5) is 5.69 Å². The highest BCUT2D eigenvalue weighted by atomic mass is 16.2. The summed E-state index contributed by atoms with van der Waals surface area (Å²) >= 11 is 0. The van der Waals surface area contributed by atoms with E-state index in [4.69, 9.17) is 11.0 Å². The van der Waals surface area contributed by atoms with E-state index in [1.54, 1.807) is 24.3 Å². The minimum atomic E-state index is -0.100. The molecule has 1 heterocycles. The van der Waals surface area contributed by atoms with Gasteiger partial charge in [-0.2, -0.15) is 5.26 Å². The van der Waals surface area contributed by atoms with Crippen molar-refractivity contribution in [3.63, 3.8) is 0 Å². The molecule has 3 N–H and O–H groups in total. The van der Waals surface area contributed by atoms with Crippen LogP contribution in [0.25, 0.3) is 0 Å². The number of carbonyl (C=O) groups excluding carboxylic acids is 1. The fourth-order valence-corrected chi connectivity index (χ4v) is 2.32. The topological polar surface area (TPSA) is 82.2 Å². The van der Waals surface area contributed by atoms with Gasteiger partial charge in [0.05, 0.1) is 17.8 Å². The Morgan fingerprint density at radius 3 is 3.05 bits per heavy atom. The Morgan fingerprint density at radius 2 is 2.32 bits per heavy atom. The Morgan fingerprint density at radius 1 is 1.53 bits per heavy atom. The van der Waals surface area contributed by atoms with Crippen LogP contribution in [-0.4, -0.2) is 36.5 Å². The van der Waals surface area contributed by atoms with Crippen LogP contribution >= 0.6 is 0 Å². The van der Waals surface area contributed by atoms with E-state index in [9.17, 15) is 4.79 Å². The van der Waals surface area contributed by atoms with Gasteiger partial charge < -0.3 is 11.1 Å². The maximum absolute atomic E-state index is 12.0. The van der Waals surface area contributed by atoms with E-state index in [0.29, 0.717) is 17.8 Å². The Bertz CT molecular complexity index is 494. The lowest BCUT2D eigenvalue weighted by Crippen LogP contribution is -2.45. The van der Waals surface area contributed by atoms with Crippen LogP contribution in [-0.2, 0) is 4.79 Å². The highest BCUT2D eigenvalue weighted by Gasteiger charge is 2.19. The molecule has 0 saturated carbocycles. The number of benzene rings is 1. The number of carbonyl (C=O) groups is 1. The minimum absolute atomic E-state index is 0.100. The molecular weight excluding hydrogens is 240 g/mol. The lowest BCUT2D eigenvalue weighted by molar-refractivity contribution is -0.117. The summed E-state index contributed by atoms with van der Waals surface area (Å²) in [4.78, 5) is 14.0. The number of nitrogens with one attached hydrogen (secondary N) is 1. The monoisotopic (exact) mass is 258 g/mol. The molecular formula is C14H18N4O. The molecule has 5 heteroatoms. The summed E-state index contributed by atoms with van der Waals surface area (Å²) in [5.41, 5.74) is 6.93. The van der Waals surface area contributed by atoms with Crippen LogP contribution in [0.15, 0.2) is 24.3 Å². The van der Waals surface area contributed by atoms with Gasteiger partial charge in [0, 0.05) is 12.6 Å². The highest BCUT2D eigenvalue weighted by molar-refractivity contribution is 5.93. The first-order valence-electron chi connectivity index (χ1n) is 6.46. The number of nitrogens with zero attached hydrogens (tertiary/aromatic N) is 2. The predicted octanol–water partition coefficient (Wildman–Crippen LogP) is 0.920. The van der Waals surface area contributed by atoms with Crippen molar-refractivity contribution in [2.75, 3.05) is 25.0 Å². The molecule has 0 spiro atoms. The summed E-state index contributed by atoms with van der Waals surface area (Å²) in [6.45, 7) is 1.99. The highest BCUT2D eigenvalue weighted by Crippen LogP contribution is 2.14. The maximum atomic E-state index is 12.0. The SMILES string of the molecule is N#Cc1ccccc1NC(=O)CN1CCCC(N)C1. The quantitative estimate of drug-likeness (QED) is 0.844. The van der Waals surface area contributed by atoms with Gasteiger partial charge in [-0.15, -0.1) is 0 Å². The lowest BCUT2D eigenvalue weighted by atomic mass is 10.1. The van der Waals surface area contributed by atoms with Gasteiger partial charge in [-0.05, 0) is 31.5 Å². The number of amides is 1. The van der Waals surface area contributed by atoms with Crippen LogP contribution in [0.2, 0.25) is 0 Å². The predicted molar refractivity (Wildman–Crippen MR) is 73.4 cm³/mol. The number of nitrogens with two attached hydrogens (primary N) is 1. The third-order valence-electron chi connectivity index (χ3n) is 3.23. The summed E-state index contributed by atoms with van der Waals surface area (Å²) in [7, 11) is 0.